The van der Waals surface area contributed by atoms with Crippen molar-refractivity contribution < 1.29 is 0 Å². The molecule has 2 aromatic heterocycles. The molecule has 2 aromatic rings. The average Bonchev–Trinajstić information content (AvgIpc) is 2.61. The second-order valence-electron chi connectivity index (χ2n) is 4.41. The third kappa shape index (κ3) is 2.38. The zero-order valence-electron chi connectivity index (χ0n) is 10.2. The Bertz CT molecular complexity index is 597. The highest BCUT2D eigenvalue weighted by molar-refractivity contribution is 6.32. The molecule has 0 spiro atoms. The Morgan fingerprint density at radius 3 is 2.78 bits per heavy atom. The van der Waals surface area contributed by atoms with E-state index >= 15 is 0 Å². The quantitative estimate of drug-likeness (QED) is 0.910. The van der Waals surface area contributed by atoms with Crippen LogP contribution in [0.4, 0.5) is 5.82 Å². The summed E-state index contributed by atoms with van der Waals surface area (Å²) in [5, 5.41) is 4.25. The van der Waals surface area contributed by atoms with Crippen molar-refractivity contribution in [3.05, 3.63) is 34.0 Å². The van der Waals surface area contributed by atoms with Gasteiger partial charge in [-0.15, -0.1) is 5.10 Å². The van der Waals surface area contributed by atoms with E-state index in [-0.39, 0.29) is 17.2 Å². The second kappa shape index (κ2) is 4.81. The van der Waals surface area contributed by atoms with Crippen molar-refractivity contribution in [3.63, 3.8) is 0 Å². The third-order valence-electron chi connectivity index (χ3n) is 2.37. The minimum Gasteiger partial charge on any atom is -0.381 e. The fourth-order valence-electron chi connectivity index (χ4n) is 1.60. The average molecular weight is 268 g/mol. The summed E-state index contributed by atoms with van der Waals surface area (Å²) in [6.07, 6.45) is 4.69. The SMILES string of the molecule is CC(C)Cn1ccnc(-n2cc(Cl)c(N)n2)c1=O. The van der Waals surface area contributed by atoms with E-state index in [4.69, 9.17) is 17.3 Å². The minimum atomic E-state index is -0.217. The topological polar surface area (TPSA) is 78.7 Å². The number of hydrogen-bond acceptors (Lipinski definition) is 4. The van der Waals surface area contributed by atoms with Gasteiger partial charge in [0.1, 0.15) is 5.02 Å². The molecule has 0 aliphatic rings. The number of halogens is 1. The van der Waals surface area contributed by atoms with Crippen LogP contribution in [0.2, 0.25) is 5.02 Å². The van der Waals surface area contributed by atoms with E-state index in [9.17, 15) is 4.79 Å². The van der Waals surface area contributed by atoms with Gasteiger partial charge in [0.25, 0.3) is 5.56 Å². The lowest BCUT2D eigenvalue weighted by atomic mass is 10.2. The third-order valence-corrected chi connectivity index (χ3v) is 2.66. The molecule has 0 aromatic carbocycles. The molecule has 0 fully saturated rings. The van der Waals surface area contributed by atoms with Gasteiger partial charge in [0.2, 0.25) is 5.82 Å². The summed E-state index contributed by atoms with van der Waals surface area (Å²) in [5.74, 6) is 0.734. The first-order chi connectivity index (χ1) is 8.49. The maximum atomic E-state index is 12.2. The van der Waals surface area contributed by atoms with E-state index < -0.39 is 0 Å². The Hall–Kier alpha value is -1.82. The molecular formula is C11H14ClN5O. The van der Waals surface area contributed by atoms with Gasteiger partial charge in [0.15, 0.2) is 5.82 Å². The van der Waals surface area contributed by atoms with Crippen molar-refractivity contribution in [1.82, 2.24) is 19.3 Å². The summed E-state index contributed by atoms with van der Waals surface area (Å²) < 4.78 is 2.90. The van der Waals surface area contributed by atoms with Crippen molar-refractivity contribution in [2.75, 3.05) is 5.73 Å². The van der Waals surface area contributed by atoms with Crippen molar-refractivity contribution in [1.29, 1.82) is 0 Å². The lowest BCUT2D eigenvalue weighted by Gasteiger charge is -2.09. The van der Waals surface area contributed by atoms with Gasteiger partial charge in [0.05, 0.1) is 6.20 Å². The Labute approximate surface area is 109 Å². The Kier molecular flexibility index (Phi) is 3.38. The molecule has 0 aliphatic heterocycles. The van der Waals surface area contributed by atoms with Gasteiger partial charge in [-0.3, -0.25) is 4.79 Å². The van der Waals surface area contributed by atoms with Crippen molar-refractivity contribution in [2.45, 2.75) is 20.4 Å². The van der Waals surface area contributed by atoms with Crippen LogP contribution in [0.3, 0.4) is 0 Å². The standard InChI is InChI=1S/C11H14ClN5O/c1-7(2)5-16-4-3-14-10(11(16)18)17-6-8(12)9(13)15-17/h3-4,6-7H,5H2,1-2H3,(H2,13,15). The Balaban J connectivity index is 2.49. The fraction of sp³-hybridized carbons (Fsp3) is 0.364. The molecule has 0 atom stereocenters. The van der Waals surface area contributed by atoms with Crippen LogP contribution in [0.1, 0.15) is 13.8 Å². The first-order valence-electron chi connectivity index (χ1n) is 5.55. The highest BCUT2D eigenvalue weighted by Crippen LogP contribution is 2.16. The molecular weight excluding hydrogens is 254 g/mol. The van der Waals surface area contributed by atoms with Crippen LogP contribution in [0.5, 0.6) is 0 Å². The molecule has 2 heterocycles. The number of nitrogens with two attached hydrogens (primary N) is 1. The van der Waals surface area contributed by atoms with Gasteiger partial charge in [-0.1, -0.05) is 25.4 Å². The lowest BCUT2D eigenvalue weighted by molar-refractivity contribution is 0.506. The zero-order valence-corrected chi connectivity index (χ0v) is 10.9. The number of hydrogen-bond donors (Lipinski definition) is 1. The molecule has 0 unspecified atom stereocenters. The smallest absolute Gasteiger partial charge is 0.295 e. The maximum absolute atomic E-state index is 12.2. The molecule has 96 valence electrons. The molecule has 2 N–H and O–H groups in total. The molecule has 18 heavy (non-hydrogen) atoms. The van der Waals surface area contributed by atoms with E-state index in [0.29, 0.717) is 17.5 Å². The highest BCUT2D eigenvalue weighted by Gasteiger charge is 2.11. The van der Waals surface area contributed by atoms with Crippen molar-refractivity contribution >= 4 is 17.4 Å². The fourth-order valence-corrected chi connectivity index (χ4v) is 1.74. The van der Waals surface area contributed by atoms with Crippen LogP contribution in [-0.4, -0.2) is 19.3 Å². The number of anilines is 1. The summed E-state index contributed by atoms with van der Waals surface area (Å²) in [7, 11) is 0. The summed E-state index contributed by atoms with van der Waals surface area (Å²) in [6.45, 7) is 4.70. The zero-order chi connectivity index (χ0) is 13.3. The molecule has 6 nitrogen and oxygen atoms in total. The first kappa shape index (κ1) is 12.6. The van der Waals surface area contributed by atoms with Gasteiger partial charge < -0.3 is 10.3 Å². The molecule has 0 amide bonds. The monoisotopic (exact) mass is 267 g/mol. The maximum Gasteiger partial charge on any atom is 0.295 e. The van der Waals surface area contributed by atoms with E-state index in [1.807, 2.05) is 13.8 Å². The lowest BCUT2D eigenvalue weighted by Crippen LogP contribution is -2.27. The molecule has 0 saturated heterocycles. The van der Waals surface area contributed by atoms with Crippen LogP contribution in [0.15, 0.2) is 23.4 Å². The van der Waals surface area contributed by atoms with E-state index in [1.54, 1.807) is 17.0 Å². The Morgan fingerprint density at radius 1 is 1.50 bits per heavy atom. The highest BCUT2D eigenvalue weighted by atomic mass is 35.5. The Morgan fingerprint density at radius 2 is 2.22 bits per heavy atom. The molecule has 7 heteroatoms. The predicted molar refractivity (Wildman–Crippen MR) is 69.9 cm³/mol. The van der Waals surface area contributed by atoms with Gasteiger partial charge >= 0.3 is 0 Å². The van der Waals surface area contributed by atoms with Crippen LogP contribution in [0.25, 0.3) is 5.82 Å². The van der Waals surface area contributed by atoms with E-state index in [2.05, 4.69) is 10.1 Å². The number of nitrogen functional groups attached to an aromatic ring is 1. The molecule has 0 aliphatic carbocycles. The summed E-state index contributed by atoms with van der Waals surface area (Å²) in [4.78, 5) is 16.2. The predicted octanol–water partition coefficient (Wildman–Crippen LogP) is 1.32. The van der Waals surface area contributed by atoms with Gasteiger partial charge in [-0.25, -0.2) is 9.67 Å². The van der Waals surface area contributed by atoms with Gasteiger partial charge in [0, 0.05) is 18.9 Å². The normalized spacial score (nSPS) is 11.1. The first-order valence-corrected chi connectivity index (χ1v) is 5.93. The van der Waals surface area contributed by atoms with Crippen LogP contribution >= 0.6 is 11.6 Å². The van der Waals surface area contributed by atoms with Gasteiger partial charge in [-0.05, 0) is 5.92 Å². The largest absolute Gasteiger partial charge is 0.381 e. The van der Waals surface area contributed by atoms with Crippen LogP contribution in [-0.2, 0) is 6.54 Å². The number of aromatic nitrogens is 4. The number of rotatable bonds is 3. The summed E-state index contributed by atoms with van der Waals surface area (Å²) >= 11 is 5.81. The molecule has 0 bridgehead atoms. The van der Waals surface area contributed by atoms with Crippen molar-refractivity contribution in [2.24, 2.45) is 5.92 Å². The van der Waals surface area contributed by atoms with E-state index in [1.165, 1.54) is 10.9 Å². The minimum absolute atomic E-state index is 0.178. The van der Waals surface area contributed by atoms with Crippen LogP contribution in [0, 0.1) is 5.92 Å². The van der Waals surface area contributed by atoms with Gasteiger partial charge in [-0.2, -0.15) is 0 Å². The second-order valence-corrected chi connectivity index (χ2v) is 4.82. The van der Waals surface area contributed by atoms with E-state index in [0.717, 1.165) is 0 Å². The molecule has 2 rings (SSSR count). The van der Waals surface area contributed by atoms with Crippen molar-refractivity contribution in [3.8, 4) is 5.82 Å². The summed E-state index contributed by atoms with van der Waals surface area (Å²) in [6, 6.07) is 0. The molecule has 0 radical (unpaired) electrons. The summed E-state index contributed by atoms with van der Waals surface area (Å²) in [5.41, 5.74) is 5.33. The molecule has 0 saturated carbocycles. The number of nitrogens with zero attached hydrogens (tertiary/aromatic N) is 4. The van der Waals surface area contributed by atoms with Crippen LogP contribution < -0.4 is 11.3 Å².